The zero-order chi connectivity index (χ0) is 13.1. The van der Waals surface area contributed by atoms with Gasteiger partial charge in [0.1, 0.15) is 12.4 Å². The van der Waals surface area contributed by atoms with Gasteiger partial charge in [-0.05, 0) is 37.1 Å². The highest BCUT2D eigenvalue weighted by Crippen LogP contribution is 2.26. The zero-order valence-electron chi connectivity index (χ0n) is 10.3. The van der Waals surface area contributed by atoms with Crippen molar-refractivity contribution in [2.75, 3.05) is 0 Å². The Labute approximate surface area is 121 Å². The number of hydrogen-bond acceptors (Lipinski definition) is 1. The lowest BCUT2D eigenvalue weighted by molar-refractivity contribution is 0.302. The summed E-state index contributed by atoms with van der Waals surface area (Å²) in [5.74, 6) is 0.941. The molecule has 2 rings (SSSR count). The van der Waals surface area contributed by atoms with Crippen LogP contribution in [0.15, 0.2) is 40.9 Å². The summed E-state index contributed by atoms with van der Waals surface area (Å²) in [5.41, 5.74) is 3.27. The van der Waals surface area contributed by atoms with E-state index < -0.39 is 0 Å². The fraction of sp³-hybridized carbons (Fsp3) is 0.200. The molecule has 0 saturated carbocycles. The fourth-order valence-corrected chi connectivity index (χ4v) is 2.54. The second-order valence-corrected chi connectivity index (χ2v) is 5.57. The van der Waals surface area contributed by atoms with Crippen molar-refractivity contribution >= 4 is 27.5 Å². The van der Waals surface area contributed by atoms with Crippen molar-refractivity contribution in [2.24, 2.45) is 0 Å². The Hall–Kier alpha value is -0.990. The fourth-order valence-electron chi connectivity index (χ4n) is 1.82. The Morgan fingerprint density at radius 1 is 1.11 bits per heavy atom. The van der Waals surface area contributed by atoms with Crippen molar-refractivity contribution in [3.63, 3.8) is 0 Å². The van der Waals surface area contributed by atoms with Crippen molar-refractivity contribution in [3.05, 3.63) is 62.6 Å². The molecule has 0 aliphatic rings. The molecule has 0 radical (unpaired) electrons. The lowest BCUT2D eigenvalue weighted by Gasteiger charge is -2.12. The molecule has 0 heterocycles. The molecule has 3 heteroatoms. The number of rotatable bonds is 3. The van der Waals surface area contributed by atoms with E-state index in [1.807, 2.05) is 50.2 Å². The molecule has 0 aliphatic heterocycles. The Morgan fingerprint density at radius 3 is 2.39 bits per heavy atom. The number of hydrogen-bond donors (Lipinski definition) is 0. The summed E-state index contributed by atoms with van der Waals surface area (Å²) in [6.45, 7) is 4.58. The van der Waals surface area contributed by atoms with Crippen LogP contribution in [0.4, 0.5) is 0 Å². The molecular formula is C15H14BrClO. The van der Waals surface area contributed by atoms with Gasteiger partial charge in [0.25, 0.3) is 0 Å². The van der Waals surface area contributed by atoms with Crippen molar-refractivity contribution < 1.29 is 4.74 Å². The Balaban J connectivity index is 2.16. The highest BCUT2D eigenvalue weighted by Gasteiger charge is 2.06. The molecule has 0 N–H and O–H groups in total. The molecule has 2 aromatic rings. The maximum absolute atomic E-state index is 6.17. The van der Waals surface area contributed by atoms with E-state index >= 15 is 0 Å². The Kier molecular flexibility index (Phi) is 4.31. The first-order valence-corrected chi connectivity index (χ1v) is 6.88. The number of aryl methyl sites for hydroxylation is 2. The maximum atomic E-state index is 6.17. The molecule has 0 saturated heterocycles. The van der Waals surface area contributed by atoms with E-state index in [0.717, 1.165) is 31.9 Å². The smallest absolute Gasteiger partial charge is 0.125 e. The third-order valence-corrected chi connectivity index (χ3v) is 3.64. The van der Waals surface area contributed by atoms with Crippen LogP contribution in [0.3, 0.4) is 0 Å². The highest BCUT2D eigenvalue weighted by atomic mass is 79.9. The summed E-state index contributed by atoms with van der Waals surface area (Å²) in [5, 5.41) is 0.718. The highest BCUT2D eigenvalue weighted by molar-refractivity contribution is 9.10. The van der Waals surface area contributed by atoms with Gasteiger partial charge in [0.05, 0.1) is 0 Å². The average Bonchev–Trinajstić information content (AvgIpc) is 2.31. The zero-order valence-corrected chi connectivity index (χ0v) is 12.7. The molecular weight excluding hydrogens is 312 g/mol. The van der Waals surface area contributed by atoms with Gasteiger partial charge in [-0.2, -0.15) is 0 Å². The summed E-state index contributed by atoms with van der Waals surface area (Å²) in [6, 6.07) is 11.9. The van der Waals surface area contributed by atoms with E-state index in [1.54, 1.807) is 0 Å². The third-order valence-electron chi connectivity index (χ3n) is 2.80. The number of para-hydroxylation sites is 1. The first kappa shape index (κ1) is 13.4. The third kappa shape index (κ3) is 3.06. The maximum Gasteiger partial charge on any atom is 0.125 e. The van der Waals surface area contributed by atoms with E-state index in [2.05, 4.69) is 15.9 Å². The minimum atomic E-state index is 0.484. The van der Waals surface area contributed by atoms with E-state index in [4.69, 9.17) is 16.3 Å². The summed E-state index contributed by atoms with van der Waals surface area (Å²) >= 11 is 9.56. The normalized spacial score (nSPS) is 10.4. The quantitative estimate of drug-likeness (QED) is 0.744. The van der Waals surface area contributed by atoms with Crippen molar-refractivity contribution in [1.29, 1.82) is 0 Å². The second kappa shape index (κ2) is 5.77. The minimum Gasteiger partial charge on any atom is -0.488 e. The van der Waals surface area contributed by atoms with Crippen LogP contribution in [0.1, 0.15) is 16.7 Å². The summed E-state index contributed by atoms with van der Waals surface area (Å²) in [7, 11) is 0. The average molecular weight is 326 g/mol. The molecule has 0 amide bonds. The molecule has 0 fully saturated rings. The van der Waals surface area contributed by atoms with Gasteiger partial charge in [-0.3, -0.25) is 0 Å². The van der Waals surface area contributed by atoms with Crippen molar-refractivity contribution in [2.45, 2.75) is 20.5 Å². The Bertz CT molecular complexity index is 546. The molecule has 0 unspecified atom stereocenters. The summed E-state index contributed by atoms with van der Waals surface area (Å²) in [4.78, 5) is 0. The first-order chi connectivity index (χ1) is 8.58. The van der Waals surface area contributed by atoms with Crippen molar-refractivity contribution in [1.82, 2.24) is 0 Å². The first-order valence-electron chi connectivity index (χ1n) is 5.71. The molecule has 1 nitrogen and oxygen atoms in total. The largest absolute Gasteiger partial charge is 0.488 e. The molecule has 94 valence electrons. The van der Waals surface area contributed by atoms with Gasteiger partial charge in [-0.1, -0.05) is 51.8 Å². The van der Waals surface area contributed by atoms with Crippen LogP contribution in [0.2, 0.25) is 5.02 Å². The van der Waals surface area contributed by atoms with Gasteiger partial charge < -0.3 is 4.74 Å². The summed E-state index contributed by atoms with van der Waals surface area (Å²) < 4.78 is 6.85. The van der Waals surface area contributed by atoms with Gasteiger partial charge in [-0.25, -0.2) is 0 Å². The molecule has 18 heavy (non-hydrogen) atoms. The molecule has 0 aromatic heterocycles. The number of benzene rings is 2. The van der Waals surface area contributed by atoms with Crippen LogP contribution in [-0.4, -0.2) is 0 Å². The second-order valence-electron chi connectivity index (χ2n) is 4.25. The predicted molar refractivity (Wildman–Crippen MR) is 79.4 cm³/mol. The van der Waals surface area contributed by atoms with Gasteiger partial charge in [0.15, 0.2) is 0 Å². The monoisotopic (exact) mass is 324 g/mol. The van der Waals surface area contributed by atoms with Gasteiger partial charge in [-0.15, -0.1) is 0 Å². The molecule has 0 aliphatic carbocycles. The van der Waals surface area contributed by atoms with Crippen molar-refractivity contribution in [3.8, 4) is 5.75 Å². The van der Waals surface area contributed by atoms with Crippen LogP contribution in [0, 0.1) is 13.8 Å². The van der Waals surface area contributed by atoms with E-state index in [9.17, 15) is 0 Å². The summed E-state index contributed by atoms with van der Waals surface area (Å²) in [6.07, 6.45) is 0. The van der Waals surface area contributed by atoms with Gasteiger partial charge >= 0.3 is 0 Å². The van der Waals surface area contributed by atoms with Crippen LogP contribution < -0.4 is 4.74 Å². The SMILES string of the molecule is Cc1cccc(C)c1OCc1ccc(Br)cc1Cl. The lowest BCUT2D eigenvalue weighted by atomic mass is 10.1. The molecule has 0 atom stereocenters. The minimum absolute atomic E-state index is 0.484. The van der Waals surface area contributed by atoms with E-state index in [1.165, 1.54) is 0 Å². The molecule has 0 bridgehead atoms. The van der Waals surface area contributed by atoms with Crippen LogP contribution in [-0.2, 0) is 6.61 Å². The van der Waals surface area contributed by atoms with Crippen LogP contribution >= 0.6 is 27.5 Å². The lowest BCUT2D eigenvalue weighted by Crippen LogP contribution is -1.99. The predicted octanol–water partition coefficient (Wildman–Crippen LogP) is 5.30. The Morgan fingerprint density at radius 2 is 1.78 bits per heavy atom. The number of ether oxygens (including phenoxy) is 1. The van der Waals surface area contributed by atoms with Crippen LogP contribution in [0.25, 0.3) is 0 Å². The van der Waals surface area contributed by atoms with Gasteiger partial charge in [0, 0.05) is 15.1 Å². The van der Waals surface area contributed by atoms with Gasteiger partial charge in [0.2, 0.25) is 0 Å². The van der Waals surface area contributed by atoms with E-state index in [-0.39, 0.29) is 0 Å². The topological polar surface area (TPSA) is 9.23 Å². The molecule has 0 spiro atoms. The van der Waals surface area contributed by atoms with Crippen LogP contribution in [0.5, 0.6) is 5.75 Å². The van der Waals surface area contributed by atoms with E-state index in [0.29, 0.717) is 6.61 Å². The number of halogens is 2. The standard InChI is InChI=1S/C15H14BrClO/c1-10-4-3-5-11(2)15(10)18-9-12-6-7-13(16)8-14(12)17/h3-8H,9H2,1-2H3. The molecule has 2 aromatic carbocycles.